The van der Waals surface area contributed by atoms with E-state index in [1.165, 1.54) is 0 Å². The van der Waals surface area contributed by atoms with Gasteiger partial charge in [0, 0.05) is 11.9 Å². The van der Waals surface area contributed by atoms with Crippen molar-refractivity contribution < 1.29 is 19.1 Å². The molecule has 0 aliphatic carbocycles. The molecule has 1 heterocycles. The molecule has 0 spiro atoms. The minimum absolute atomic E-state index is 0.0369. The van der Waals surface area contributed by atoms with Crippen LogP contribution in [0.1, 0.15) is 18.9 Å². The highest BCUT2D eigenvalue weighted by molar-refractivity contribution is 6.05. The van der Waals surface area contributed by atoms with Crippen LogP contribution in [0.5, 0.6) is 11.5 Å². The molecule has 0 bridgehead atoms. The molecular weight excluding hydrogens is 348 g/mol. The number of aromatic nitrogens is 1. The summed E-state index contributed by atoms with van der Waals surface area (Å²) >= 11 is 0. The van der Waals surface area contributed by atoms with Crippen LogP contribution in [0.15, 0.2) is 47.7 Å². The van der Waals surface area contributed by atoms with Gasteiger partial charge < -0.3 is 14.8 Å². The maximum Gasteiger partial charge on any atom is 0.277 e. The van der Waals surface area contributed by atoms with Gasteiger partial charge in [-0.15, -0.1) is 0 Å². The first kappa shape index (κ1) is 19.9. The summed E-state index contributed by atoms with van der Waals surface area (Å²) < 4.78 is 10.4. The van der Waals surface area contributed by atoms with Gasteiger partial charge in [0.05, 0.1) is 13.5 Å². The molecule has 1 aromatic heterocycles. The van der Waals surface area contributed by atoms with Gasteiger partial charge in [-0.05, 0) is 55.8 Å². The minimum atomic E-state index is -0.425. The molecule has 2 N–H and O–H groups in total. The van der Waals surface area contributed by atoms with Gasteiger partial charge in [0.15, 0.2) is 6.61 Å². The van der Waals surface area contributed by atoms with Crippen molar-refractivity contribution in [2.45, 2.75) is 20.3 Å². The van der Waals surface area contributed by atoms with E-state index in [9.17, 15) is 9.59 Å². The Morgan fingerprint density at radius 2 is 1.81 bits per heavy atom. The van der Waals surface area contributed by atoms with Crippen molar-refractivity contribution in [3.8, 4) is 11.5 Å². The molecule has 142 valence electrons. The van der Waals surface area contributed by atoms with Crippen molar-refractivity contribution in [3.63, 3.8) is 0 Å². The fourth-order valence-electron chi connectivity index (χ4n) is 2.07. The van der Waals surface area contributed by atoms with Gasteiger partial charge in [-0.3, -0.25) is 9.59 Å². The highest BCUT2D eigenvalue weighted by Gasteiger charge is 2.07. The van der Waals surface area contributed by atoms with Gasteiger partial charge >= 0.3 is 0 Å². The number of amides is 2. The quantitative estimate of drug-likeness (QED) is 0.548. The lowest BCUT2D eigenvalue weighted by Crippen LogP contribution is -2.26. The Kier molecular flexibility index (Phi) is 7.30. The normalized spacial score (nSPS) is 10.9. The van der Waals surface area contributed by atoms with Crippen LogP contribution < -0.4 is 20.2 Å². The highest BCUT2D eigenvalue weighted by Crippen LogP contribution is 2.16. The third-order valence-corrected chi connectivity index (χ3v) is 3.40. The average Bonchev–Trinajstić information content (AvgIpc) is 2.65. The molecule has 8 heteroatoms. The van der Waals surface area contributed by atoms with Crippen LogP contribution in [0.25, 0.3) is 0 Å². The van der Waals surface area contributed by atoms with E-state index >= 15 is 0 Å². The Bertz CT molecular complexity index is 819. The van der Waals surface area contributed by atoms with Crippen LogP contribution in [0.2, 0.25) is 0 Å². The summed E-state index contributed by atoms with van der Waals surface area (Å²) in [5.41, 5.74) is 3.81. The molecule has 2 aromatic rings. The highest BCUT2D eigenvalue weighted by atomic mass is 16.5. The van der Waals surface area contributed by atoms with Gasteiger partial charge in [0.2, 0.25) is 5.91 Å². The van der Waals surface area contributed by atoms with Crippen molar-refractivity contribution in [3.05, 3.63) is 48.2 Å². The van der Waals surface area contributed by atoms with Gasteiger partial charge in [-0.25, -0.2) is 10.4 Å². The van der Waals surface area contributed by atoms with Crippen molar-refractivity contribution in [1.82, 2.24) is 10.4 Å². The van der Waals surface area contributed by atoms with Crippen molar-refractivity contribution in [2.75, 3.05) is 19.0 Å². The number of aryl methyl sites for hydroxylation is 1. The second-order valence-electron chi connectivity index (χ2n) is 5.79. The maximum absolute atomic E-state index is 12.0. The summed E-state index contributed by atoms with van der Waals surface area (Å²) in [5, 5.41) is 6.58. The SMILES string of the molecule is COc1ccc(OCC(=O)N/N=C(\C)CC(=O)Nc2cc(C)ccn2)cc1. The lowest BCUT2D eigenvalue weighted by Gasteiger charge is -2.07. The van der Waals surface area contributed by atoms with Crippen LogP contribution in [-0.4, -0.2) is 36.2 Å². The Hall–Kier alpha value is -3.42. The predicted octanol–water partition coefficient (Wildman–Crippen LogP) is 2.30. The Morgan fingerprint density at radius 3 is 2.48 bits per heavy atom. The van der Waals surface area contributed by atoms with E-state index in [0.717, 1.165) is 5.56 Å². The number of hydrogen-bond donors (Lipinski definition) is 2. The molecule has 0 saturated heterocycles. The van der Waals surface area contributed by atoms with Crippen LogP contribution in [0.3, 0.4) is 0 Å². The van der Waals surface area contributed by atoms with Crippen LogP contribution >= 0.6 is 0 Å². The maximum atomic E-state index is 12.0. The number of nitrogens with zero attached hydrogens (tertiary/aromatic N) is 2. The van der Waals surface area contributed by atoms with E-state index in [4.69, 9.17) is 9.47 Å². The topological polar surface area (TPSA) is 102 Å². The molecule has 2 amide bonds. The molecule has 2 rings (SSSR count). The number of methoxy groups -OCH3 is 1. The molecule has 0 saturated carbocycles. The lowest BCUT2D eigenvalue weighted by molar-refractivity contribution is -0.123. The molecule has 0 atom stereocenters. The summed E-state index contributed by atoms with van der Waals surface area (Å²) in [6, 6.07) is 10.5. The van der Waals surface area contributed by atoms with Gasteiger partial charge in [-0.2, -0.15) is 5.10 Å². The van der Waals surface area contributed by atoms with E-state index in [0.29, 0.717) is 23.0 Å². The molecule has 0 radical (unpaired) electrons. The molecule has 8 nitrogen and oxygen atoms in total. The number of pyridine rings is 1. The molecular formula is C19H22N4O4. The van der Waals surface area contributed by atoms with E-state index in [2.05, 4.69) is 20.8 Å². The number of rotatable bonds is 8. The minimum Gasteiger partial charge on any atom is -0.497 e. The Labute approximate surface area is 157 Å². The van der Waals surface area contributed by atoms with Gasteiger partial charge in [0.1, 0.15) is 17.3 Å². The first-order valence-corrected chi connectivity index (χ1v) is 8.27. The molecule has 27 heavy (non-hydrogen) atoms. The molecule has 0 unspecified atom stereocenters. The third-order valence-electron chi connectivity index (χ3n) is 3.40. The number of benzene rings is 1. The zero-order valence-electron chi connectivity index (χ0n) is 15.5. The molecule has 1 aromatic carbocycles. The number of hydrogen-bond acceptors (Lipinski definition) is 6. The standard InChI is InChI=1S/C19H22N4O4/c1-13-8-9-20-17(10-13)21-18(24)11-14(2)22-23-19(25)12-27-16-6-4-15(26-3)5-7-16/h4-10H,11-12H2,1-3H3,(H,23,25)(H,20,21,24)/b22-14+. The number of anilines is 1. The van der Waals surface area contributed by atoms with Crippen LogP contribution in [0.4, 0.5) is 5.82 Å². The van der Waals surface area contributed by atoms with E-state index in [1.54, 1.807) is 50.6 Å². The Balaban J connectivity index is 1.74. The fourth-order valence-corrected chi connectivity index (χ4v) is 2.07. The van der Waals surface area contributed by atoms with E-state index in [-0.39, 0.29) is 18.9 Å². The number of carbonyl (C=O) groups is 2. The van der Waals surface area contributed by atoms with Crippen molar-refractivity contribution >= 4 is 23.3 Å². The molecule has 0 aliphatic rings. The average molecular weight is 370 g/mol. The number of ether oxygens (including phenoxy) is 2. The summed E-state index contributed by atoms with van der Waals surface area (Å²) in [5.74, 6) is 1.02. The molecule has 0 aliphatic heterocycles. The van der Waals surface area contributed by atoms with Crippen LogP contribution in [-0.2, 0) is 9.59 Å². The largest absolute Gasteiger partial charge is 0.497 e. The van der Waals surface area contributed by atoms with Crippen molar-refractivity contribution in [2.24, 2.45) is 5.10 Å². The second kappa shape index (κ2) is 9.91. The smallest absolute Gasteiger partial charge is 0.277 e. The van der Waals surface area contributed by atoms with Gasteiger partial charge in [-0.1, -0.05) is 0 Å². The second-order valence-corrected chi connectivity index (χ2v) is 5.79. The zero-order valence-corrected chi connectivity index (χ0v) is 15.5. The van der Waals surface area contributed by atoms with E-state index in [1.807, 2.05) is 13.0 Å². The third kappa shape index (κ3) is 7.15. The fraction of sp³-hybridized carbons (Fsp3) is 0.263. The first-order valence-electron chi connectivity index (χ1n) is 8.27. The lowest BCUT2D eigenvalue weighted by atomic mass is 10.2. The summed E-state index contributed by atoms with van der Waals surface area (Å²) in [6.07, 6.45) is 1.66. The van der Waals surface area contributed by atoms with Gasteiger partial charge in [0.25, 0.3) is 5.91 Å². The first-order chi connectivity index (χ1) is 13.0. The summed E-state index contributed by atoms with van der Waals surface area (Å²) in [6.45, 7) is 3.37. The zero-order chi connectivity index (χ0) is 19.6. The monoisotopic (exact) mass is 370 g/mol. The molecule has 0 fully saturated rings. The van der Waals surface area contributed by atoms with Crippen LogP contribution in [0, 0.1) is 6.92 Å². The number of carbonyl (C=O) groups excluding carboxylic acids is 2. The van der Waals surface area contributed by atoms with Crippen molar-refractivity contribution in [1.29, 1.82) is 0 Å². The number of nitrogens with one attached hydrogen (secondary N) is 2. The number of hydrazone groups is 1. The summed E-state index contributed by atoms with van der Waals surface area (Å²) in [7, 11) is 1.57. The predicted molar refractivity (Wildman–Crippen MR) is 102 cm³/mol. The van der Waals surface area contributed by atoms with E-state index < -0.39 is 5.91 Å². The Morgan fingerprint density at radius 1 is 1.11 bits per heavy atom. The summed E-state index contributed by atoms with van der Waals surface area (Å²) in [4.78, 5) is 27.8.